The van der Waals surface area contributed by atoms with Gasteiger partial charge in [0.25, 0.3) is 5.91 Å². The lowest BCUT2D eigenvalue weighted by Gasteiger charge is -2.11. The average Bonchev–Trinajstić information content (AvgIpc) is 3.34. The second-order valence-electron chi connectivity index (χ2n) is 6.00. The van der Waals surface area contributed by atoms with Crippen LogP contribution in [0.1, 0.15) is 21.8 Å². The van der Waals surface area contributed by atoms with Crippen LogP contribution < -0.4 is 5.32 Å². The van der Waals surface area contributed by atoms with E-state index in [9.17, 15) is 9.18 Å². The van der Waals surface area contributed by atoms with Gasteiger partial charge in [-0.25, -0.2) is 4.39 Å². The Morgan fingerprint density at radius 2 is 2.12 bits per heavy atom. The van der Waals surface area contributed by atoms with Crippen molar-refractivity contribution in [3.8, 4) is 0 Å². The minimum atomic E-state index is -0.277. The quantitative estimate of drug-likeness (QED) is 0.546. The van der Waals surface area contributed by atoms with E-state index in [0.717, 1.165) is 21.5 Å². The highest BCUT2D eigenvalue weighted by molar-refractivity contribution is 7.17. The lowest BCUT2D eigenvalue weighted by atomic mass is 10.2. The molecule has 0 bridgehead atoms. The van der Waals surface area contributed by atoms with E-state index in [4.69, 9.17) is 4.42 Å². The predicted octanol–water partition coefficient (Wildman–Crippen LogP) is 4.46. The molecule has 4 rings (SSSR count). The number of nitrogens with one attached hydrogen (secondary N) is 1. The van der Waals surface area contributed by atoms with E-state index in [0.29, 0.717) is 25.2 Å². The Morgan fingerprint density at radius 1 is 1.19 bits per heavy atom. The summed E-state index contributed by atoms with van der Waals surface area (Å²) < 4.78 is 21.8. The predicted molar refractivity (Wildman–Crippen MR) is 100 cm³/mol. The smallest absolute Gasteiger partial charge is 0.267 e. The van der Waals surface area contributed by atoms with E-state index >= 15 is 0 Å². The molecular formula is C20H17FN2O2S. The second-order valence-corrected chi connectivity index (χ2v) is 6.95. The van der Waals surface area contributed by atoms with Crippen LogP contribution in [0.4, 0.5) is 4.39 Å². The molecule has 0 aliphatic heterocycles. The van der Waals surface area contributed by atoms with Gasteiger partial charge >= 0.3 is 0 Å². The van der Waals surface area contributed by atoms with Crippen molar-refractivity contribution in [3.63, 3.8) is 0 Å². The van der Waals surface area contributed by atoms with Crippen molar-refractivity contribution in [2.75, 3.05) is 6.54 Å². The van der Waals surface area contributed by atoms with E-state index in [-0.39, 0.29) is 11.7 Å². The van der Waals surface area contributed by atoms with Crippen LogP contribution in [-0.2, 0) is 13.0 Å². The van der Waals surface area contributed by atoms with Gasteiger partial charge in [-0.3, -0.25) is 4.79 Å². The normalized spacial score (nSPS) is 11.1. The van der Waals surface area contributed by atoms with E-state index in [1.165, 1.54) is 12.1 Å². The number of benzene rings is 1. The summed E-state index contributed by atoms with van der Waals surface area (Å²) in [7, 11) is 0. The van der Waals surface area contributed by atoms with Crippen LogP contribution in [0.2, 0.25) is 0 Å². The first-order valence-corrected chi connectivity index (χ1v) is 9.20. The highest BCUT2D eigenvalue weighted by atomic mass is 32.1. The molecule has 0 fully saturated rings. The minimum absolute atomic E-state index is 0.142. The van der Waals surface area contributed by atoms with Crippen molar-refractivity contribution >= 4 is 27.5 Å². The molecular weight excluding hydrogens is 351 g/mol. The number of nitrogens with zero attached hydrogens (tertiary/aromatic N) is 1. The number of hydrogen-bond acceptors (Lipinski definition) is 3. The highest BCUT2D eigenvalue weighted by Crippen LogP contribution is 2.26. The van der Waals surface area contributed by atoms with Gasteiger partial charge < -0.3 is 14.3 Å². The summed E-state index contributed by atoms with van der Waals surface area (Å²) in [5, 5.41) is 4.93. The molecule has 0 unspecified atom stereocenters. The van der Waals surface area contributed by atoms with E-state index in [2.05, 4.69) is 5.32 Å². The van der Waals surface area contributed by atoms with Crippen LogP contribution >= 0.6 is 11.3 Å². The van der Waals surface area contributed by atoms with E-state index < -0.39 is 0 Å². The molecule has 0 saturated heterocycles. The molecule has 3 aromatic heterocycles. The maximum atomic E-state index is 13.5. The summed E-state index contributed by atoms with van der Waals surface area (Å²) in [5.41, 5.74) is 2.38. The van der Waals surface area contributed by atoms with Gasteiger partial charge in [-0.15, -0.1) is 11.3 Å². The first-order chi connectivity index (χ1) is 12.7. The fraction of sp³-hybridized carbons (Fsp3) is 0.150. The molecule has 0 saturated carbocycles. The molecule has 0 aliphatic carbocycles. The lowest BCUT2D eigenvalue weighted by molar-refractivity contribution is 0.0945. The number of hydrogen-bond donors (Lipinski definition) is 1. The van der Waals surface area contributed by atoms with Gasteiger partial charge in [0.2, 0.25) is 0 Å². The molecule has 6 heteroatoms. The Balaban J connectivity index is 1.56. The lowest BCUT2D eigenvalue weighted by Crippen LogP contribution is -2.28. The first kappa shape index (κ1) is 16.6. The van der Waals surface area contributed by atoms with Crippen LogP contribution in [0.25, 0.3) is 10.2 Å². The Labute approximate surface area is 153 Å². The Hall–Kier alpha value is -2.86. The number of rotatable bonds is 6. The molecule has 1 amide bonds. The van der Waals surface area contributed by atoms with Crippen LogP contribution in [0.3, 0.4) is 0 Å². The van der Waals surface area contributed by atoms with Crippen molar-refractivity contribution in [1.29, 1.82) is 0 Å². The number of carbonyl (C=O) groups is 1. The molecule has 0 spiro atoms. The number of aromatic nitrogens is 1. The molecule has 1 N–H and O–H groups in total. The zero-order chi connectivity index (χ0) is 17.9. The van der Waals surface area contributed by atoms with Gasteiger partial charge in [0, 0.05) is 19.5 Å². The van der Waals surface area contributed by atoms with E-state index in [1.807, 2.05) is 40.3 Å². The van der Waals surface area contributed by atoms with Crippen molar-refractivity contribution in [2.24, 2.45) is 0 Å². The molecule has 0 radical (unpaired) electrons. The molecule has 26 heavy (non-hydrogen) atoms. The van der Waals surface area contributed by atoms with Crippen LogP contribution in [0, 0.1) is 5.82 Å². The molecule has 4 aromatic rings. The average molecular weight is 368 g/mol. The van der Waals surface area contributed by atoms with Crippen molar-refractivity contribution < 1.29 is 13.6 Å². The number of carbonyl (C=O) groups excluding carboxylic acids is 1. The molecule has 0 atom stereocenters. The Morgan fingerprint density at radius 3 is 2.92 bits per heavy atom. The number of amides is 1. The first-order valence-electron chi connectivity index (χ1n) is 8.32. The molecule has 4 nitrogen and oxygen atoms in total. The summed E-state index contributed by atoms with van der Waals surface area (Å²) >= 11 is 1.59. The van der Waals surface area contributed by atoms with Crippen molar-refractivity contribution in [3.05, 3.63) is 83.0 Å². The number of halogens is 1. The summed E-state index contributed by atoms with van der Waals surface area (Å²) in [5.74, 6) is 0.415. The van der Waals surface area contributed by atoms with Gasteiger partial charge in [0.05, 0.1) is 16.5 Å². The van der Waals surface area contributed by atoms with Crippen molar-refractivity contribution in [2.45, 2.75) is 13.0 Å². The van der Waals surface area contributed by atoms with E-state index in [1.54, 1.807) is 23.7 Å². The second kappa shape index (κ2) is 7.17. The third kappa shape index (κ3) is 3.41. The minimum Gasteiger partial charge on any atom is -0.469 e. The molecule has 3 heterocycles. The largest absolute Gasteiger partial charge is 0.469 e. The van der Waals surface area contributed by atoms with Crippen LogP contribution in [-0.4, -0.2) is 17.0 Å². The van der Waals surface area contributed by atoms with Gasteiger partial charge in [0.15, 0.2) is 0 Å². The summed E-state index contributed by atoms with van der Waals surface area (Å²) in [4.78, 5) is 12.7. The summed E-state index contributed by atoms with van der Waals surface area (Å²) in [6, 6.07) is 14.0. The topological polar surface area (TPSA) is 47.2 Å². The van der Waals surface area contributed by atoms with Gasteiger partial charge in [-0.2, -0.15) is 0 Å². The number of thiophene rings is 1. The van der Waals surface area contributed by atoms with Crippen molar-refractivity contribution in [1.82, 2.24) is 9.88 Å². The van der Waals surface area contributed by atoms with Gasteiger partial charge in [0.1, 0.15) is 17.3 Å². The molecule has 0 aliphatic rings. The molecule has 1 aromatic carbocycles. The third-order valence-electron chi connectivity index (χ3n) is 4.22. The fourth-order valence-corrected chi connectivity index (χ4v) is 3.82. The zero-order valence-corrected chi connectivity index (χ0v) is 14.8. The van der Waals surface area contributed by atoms with Crippen LogP contribution in [0.5, 0.6) is 0 Å². The monoisotopic (exact) mass is 368 g/mol. The third-order valence-corrected chi connectivity index (χ3v) is 5.08. The van der Waals surface area contributed by atoms with Gasteiger partial charge in [-0.05, 0) is 47.3 Å². The summed E-state index contributed by atoms with van der Waals surface area (Å²) in [6.45, 7) is 0.935. The SMILES string of the molecule is O=C(NCCc1ccco1)c1cc2sccc2n1Cc1cccc(F)c1. The Kier molecular flexibility index (Phi) is 4.58. The van der Waals surface area contributed by atoms with Crippen LogP contribution in [0.15, 0.2) is 64.6 Å². The maximum Gasteiger partial charge on any atom is 0.267 e. The number of fused-ring (bicyclic) bond motifs is 1. The fourth-order valence-electron chi connectivity index (χ4n) is 3.00. The zero-order valence-electron chi connectivity index (χ0n) is 13.9. The highest BCUT2D eigenvalue weighted by Gasteiger charge is 2.16. The standard InChI is InChI=1S/C20H17FN2O2S/c21-15-4-1-3-14(11-15)13-23-17-7-10-26-19(17)12-18(23)20(24)22-8-6-16-5-2-9-25-16/h1-5,7,9-12H,6,8,13H2,(H,22,24). The Bertz CT molecular complexity index is 1030. The summed E-state index contributed by atoms with van der Waals surface area (Å²) in [6.07, 6.45) is 2.26. The van der Waals surface area contributed by atoms with Gasteiger partial charge in [-0.1, -0.05) is 12.1 Å². The molecule has 132 valence electrons. The number of furan rings is 1. The maximum absolute atomic E-state index is 13.5.